The van der Waals surface area contributed by atoms with Crippen LogP contribution in [0.1, 0.15) is 17.3 Å². The molecule has 1 heterocycles. The van der Waals surface area contributed by atoms with Crippen molar-refractivity contribution < 1.29 is 4.79 Å². The lowest BCUT2D eigenvalue weighted by Crippen LogP contribution is -2.40. The minimum absolute atomic E-state index is 0.0782. The molecular weight excluding hydrogens is 242 g/mol. The van der Waals surface area contributed by atoms with Gasteiger partial charge in [-0.05, 0) is 13.0 Å². The summed E-state index contributed by atoms with van der Waals surface area (Å²) in [6.07, 6.45) is 0. The van der Waals surface area contributed by atoms with Gasteiger partial charge in [-0.1, -0.05) is 18.2 Å². The van der Waals surface area contributed by atoms with Gasteiger partial charge in [0, 0.05) is 36.6 Å². The van der Waals surface area contributed by atoms with E-state index < -0.39 is 0 Å². The average Bonchev–Trinajstić information content (AvgIpc) is 2.43. The first-order valence-electron chi connectivity index (χ1n) is 6.14. The van der Waals surface area contributed by atoms with Gasteiger partial charge in [-0.25, -0.2) is 0 Å². The summed E-state index contributed by atoms with van der Waals surface area (Å²) >= 11 is 0. The van der Waals surface area contributed by atoms with E-state index >= 15 is 0 Å². The molecule has 1 atom stereocenters. The zero-order valence-corrected chi connectivity index (χ0v) is 11.0. The van der Waals surface area contributed by atoms with Crippen molar-refractivity contribution in [3.8, 4) is 0 Å². The molecule has 2 rings (SSSR count). The molecule has 1 unspecified atom stereocenters. The van der Waals surface area contributed by atoms with Gasteiger partial charge < -0.3 is 15.6 Å². The third kappa shape index (κ3) is 2.51. The first-order chi connectivity index (χ1) is 9.04. The number of amides is 1. The van der Waals surface area contributed by atoms with Gasteiger partial charge in [0.25, 0.3) is 5.91 Å². The Balaban J connectivity index is 2.56. The van der Waals surface area contributed by atoms with E-state index in [4.69, 9.17) is 5.73 Å². The molecular formula is C14H17N3O2. The predicted molar refractivity (Wildman–Crippen MR) is 75.2 cm³/mol. The fourth-order valence-corrected chi connectivity index (χ4v) is 1.93. The summed E-state index contributed by atoms with van der Waals surface area (Å²) < 4.78 is 0. The molecule has 0 aliphatic heterocycles. The summed E-state index contributed by atoms with van der Waals surface area (Å²) in [5, 5.41) is 0.739. The lowest BCUT2D eigenvalue weighted by molar-refractivity contribution is 0.0750. The maximum atomic E-state index is 12.4. The van der Waals surface area contributed by atoms with Gasteiger partial charge in [0.15, 0.2) is 0 Å². The molecule has 2 aromatic rings. The monoisotopic (exact) mass is 259 g/mol. The van der Waals surface area contributed by atoms with Gasteiger partial charge in [-0.2, -0.15) is 0 Å². The lowest BCUT2D eigenvalue weighted by Gasteiger charge is -2.24. The summed E-state index contributed by atoms with van der Waals surface area (Å²) in [6, 6.07) is 8.51. The van der Waals surface area contributed by atoms with Crippen LogP contribution in [0.4, 0.5) is 0 Å². The zero-order chi connectivity index (χ0) is 14.0. The number of nitrogens with zero attached hydrogens (tertiary/aromatic N) is 1. The van der Waals surface area contributed by atoms with E-state index in [1.165, 1.54) is 6.07 Å². The molecule has 0 fully saturated rings. The smallest absolute Gasteiger partial charge is 0.254 e. The Morgan fingerprint density at radius 1 is 1.42 bits per heavy atom. The number of nitrogens with two attached hydrogens (primary N) is 1. The molecule has 5 heteroatoms. The van der Waals surface area contributed by atoms with Crippen molar-refractivity contribution in [3.63, 3.8) is 0 Å². The third-order valence-electron chi connectivity index (χ3n) is 3.30. The van der Waals surface area contributed by atoms with E-state index in [9.17, 15) is 9.59 Å². The molecule has 19 heavy (non-hydrogen) atoms. The Morgan fingerprint density at radius 3 is 2.79 bits per heavy atom. The van der Waals surface area contributed by atoms with Crippen LogP contribution in [-0.4, -0.2) is 35.4 Å². The Labute approximate surface area is 111 Å². The molecule has 3 N–H and O–H groups in total. The Bertz CT molecular complexity index is 663. The second-order valence-corrected chi connectivity index (χ2v) is 4.59. The van der Waals surface area contributed by atoms with Gasteiger partial charge >= 0.3 is 0 Å². The van der Waals surface area contributed by atoms with Gasteiger partial charge in [-0.3, -0.25) is 9.59 Å². The van der Waals surface area contributed by atoms with Gasteiger partial charge in [0.05, 0.1) is 5.56 Å². The Kier molecular flexibility index (Phi) is 3.66. The summed E-state index contributed by atoms with van der Waals surface area (Å²) in [4.78, 5) is 28.3. The number of hydrogen-bond donors (Lipinski definition) is 2. The highest BCUT2D eigenvalue weighted by atomic mass is 16.2. The predicted octanol–water partition coefficient (Wildman–Crippen LogP) is 0.947. The molecule has 1 aromatic heterocycles. The van der Waals surface area contributed by atoms with Crippen LogP contribution in [0, 0.1) is 0 Å². The molecule has 0 aliphatic rings. The third-order valence-corrected chi connectivity index (χ3v) is 3.30. The topological polar surface area (TPSA) is 79.2 Å². The second-order valence-electron chi connectivity index (χ2n) is 4.59. The Morgan fingerprint density at radius 2 is 2.11 bits per heavy atom. The highest BCUT2D eigenvalue weighted by Gasteiger charge is 2.19. The fourth-order valence-electron chi connectivity index (χ4n) is 1.93. The number of nitrogens with one attached hydrogen (secondary N) is 1. The van der Waals surface area contributed by atoms with Crippen LogP contribution in [0.3, 0.4) is 0 Å². The largest absolute Gasteiger partial charge is 0.338 e. The van der Waals surface area contributed by atoms with Gasteiger partial charge in [0.1, 0.15) is 0 Å². The van der Waals surface area contributed by atoms with Crippen molar-refractivity contribution in [2.24, 2.45) is 5.73 Å². The zero-order valence-electron chi connectivity index (χ0n) is 11.0. The number of aromatic amines is 1. The summed E-state index contributed by atoms with van der Waals surface area (Å²) in [5.41, 5.74) is 6.35. The first-order valence-corrected chi connectivity index (χ1v) is 6.14. The standard InChI is InChI=1S/C14H17N3O2/c1-9(8-15)17(2)14(19)11-7-13(18)16-12-6-4-3-5-10(11)12/h3-7,9H,8,15H2,1-2H3,(H,16,18). The van der Waals surface area contributed by atoms with E-state index in [0.717, 1.165) is 5.39 Å². The van der Waals surface area contributed by atoms with Crippen LogP contribution in [0.5, 0.6) is 0 Å². The maximum absolute atomic E-state index is 12.4. The van der Waals surface area contributed by atoms with Crippen LogP contribution >= 0.6 is 0 Å². The van der Waals surface area contributed by atoms with Crippen LogP contribution < -0.4 is 11.3 Å². The van der Waals surface area contributed by atoms with E-state index in [1.54, 1.807) is 18.0 Å². The molecule has 0 radical (unpaired) electrons. The maximum Gasteiger partial charge on any atom is 0.254 e. The number of carbonyl (C=O) groups excluding carboxylic acids is 1. The minimum Gasteiger partial charge on any atom is -0.338 e. The Hall–Kier alpha value is -2.14. The van der Waals surface area contributed by atoms with E-state index in [1.807, 2.05) is 25.1 Å². The van der Waals surface area contributed by atoms with Gasteiger partial charge in [0.2, 0.25) is 5.56 Å². The SMILES string of the molecule is CC(CN)N(C)C(=O)c1cc(=O)[nH]c2ccccc12. The normalized spacial score (nSPS) is 12.4. The van der Waals surface area contributed by atoms with Crippen molar-refractivity contribution in [1.29, 1.82) is 0 Å². The summed E-state index contributed by atoms with van der Waals surface area (Å²) in [6.45, 7) is 2.25. The number of benzene rings is 1. The number of rotatable bonds is 3. The molecule has 0 saturated carbocycles. The van der Waals surface area contributed by atoms with E-state index in [0.29, 0.717) is 17.6 Å². The van der Waals surface area contributed by atoms with Crippen LogP contribution in [0.15, 0.2) is 35.1 Å². The van der Waals surface area contributed by atoms with Gasteiger partial charge in [-0.15, -0.1) is 0 Å². The van der Waals surface area contributed by atoms with Crippen LogP contribution in [0.25, 0.3) is 10.9 Å². The number of likely N-dealkylation sites (N-methyl/N-ethyl adjacent to an activating group) is 1. The number of fused-ring (bicyclic) bond motifs is 1. The highest BCUT2D eigenvalue weighted by Crippen LogP contribution is 2.16. The summed E-state index contributed by atoms with van der Waals surface area (Å²) in [7, 11) is 1.69. The molecule has 5 nitrogen and oxygen atoms in total. The van der Waals surface area contributed by atoms with Crippen LogP contribution in [-0.2, 0) is 0 Å². The van der Waals surface area contributed by atoms with Crippen molar-refractivity contribution in [3.05, 3.63) is 46.2 Å². The number of para-hydroxylation sites is 1. The fraction of sp³-hybridized carbons (Fsp3) is 0.286. The van der Waals surface area contributed by atoms with E-state index in [-0.39, 0.29) is 17.5 Å². The number of carbonyl (C=O) groups is 1. The van der Waals surface area contributed by atoms with Crippen molar-refractivity contribution in [2.75, 3.05) is 13.6 Å². The highest BCUT2D eigenvalue weighted by molar-refractivity contribution is 6.05. The number of aromatic nitrogens is 1. The van der Waals surface area contributed by atoms with Crippen molar-refractivity contribution in [2.45, 2.75) is 13.0 Å². The molecule has 100 valence electrons. The van der Waals surface area contributed by atoms with Crippen molar-refractivity contribution in [1.82, 2.24) is 9.88 Å². The lowest BCUT2D eigenvalue weighted by atomic mass is 10.1. The number of pyridine rings is 1. The molecule has 1 aromatic carbocycles. The molecule has 0 saturated heterocycles. The first kappa shape index (κ1) is 13.3. The van der Waals surface area contributed by atoms with Crippen LogP contribution in [0.2, 0.25) is 0 Å². The van der Waals surface area contributed by atoms with Crippen molar-refractivity contribution >= 4 is 16.8 Å². The summed E-state index contributed by atoms with van der Waals surface area (Å²) in [5.74, 6) is -0.194. The number of hydrogen-bond acceptors (Lipinski definition) is 3. The molecule has 0 spiro atoms. The van der Waals surface area contributed by atoms with E-state index in [2.05, 4.69) is 4.98 Å². The number of H-pyrrole nitrogens is 1. The quantitative estimate of drug-likeness (QED) is 0.861. The molecule has 0 bridgehead atoms. The average molecular weight is 259 g/mol. The second kappa shape index (κ2) is 5.24. The molecule has 1 amide bonds. The minimum atomic E-state index is -0.282. The molecule has 0 aliphatic carbocycles.